The van der Waals surface area contributed by atoms with Gasteiger partial charge in [0.25, 0.3) is 0 Å². The van der Waals surface area contributed by atoms with E-state index in [4.69, 9.17) is 9.84 Å². The highest BCUT2D eigenvalue weighted by atomic mass is 32.2. The summed E-state index contributed by atoms with van der Waals surface area (Å²) in [6.07, 6.45) is 0. The van der Waals surface area contributed by atoms with E-state index in [0.717, 1.165) is 17.3 Å². The van der Waals surface area contributed by atoms with Gasteiger partial charge in [0, 0.05) is 4.90 Å². The molecule has 0 saturated carbocycles. The molecule has 0 heterocycles. The van der Waals surface area contributed by atoms with Crippen LogP contribution in [0.2, 0.25) is 0 Å². The van der Waals surface area contributed by atoms with Crippen LogP contribution in [0.3, 0.4) is 0 Å². The van der Waals surface area contributed by atoms with Crippen LogP contribution in [0.15, 0.2) is 59.5 Å². The molecule has 0 bridgehead atoms. The van der Waals surface area contributed by atoms with Gasteiger partial charge in [-0.15, -0.1) is 0 Å². The number of ether oxygens (including phenoxy) is 1. The Balaban J connectivity index is 1.97. The molecule has 0 aliphatic carbocycles. The summed E-state index contributed by atoms with van der Waals surface area (Å²) >= 11 is 0.776. The number of thioether (sulfide) groups is 1. The first-order valence-corrected chi connectivity index (χ1v) is 6.69. The predicted molar refractivity (Wildman–Crippen MR) is 75.9 cm³/mol. The summed E-state index contributed by atoms with van der Waals surface area (Å²) in [5, 5.41) is 8.50. The average molecular weight is 288 g/mol. The van der Waals surface area contributed by atoms with Crippen molar-refractivity contribution in [2.75, 3.05) is 0 Å². The van der Waals surface area contributed by atoms with E-state index in [1.807, 2.05) is 30.3 Å². The third-order valence-corrected chi connectivity index (χ3v) is 3.37. The lowest BCUT2D eigenvalue weighted by molar-refractivity contribution is 0.0693. The summed E-state index contributed by atoms with van der Waals surface area (Å²) in [4.78, 5) is 23.1. The second kappa shape index (κ2) is 6.77. The van der Waals surface area contributed by atoms with E-state index < -0.39 is 11.3 Å². The normalized spacial score (nSPS) is 10.0. The zero-order valence-electron chi connectivity index (χ0n) is 10.5. The molecule has 0 amide bonds. The summed E-state index contributed by atoms with van der Waals surface area (Å²) in [7, 11) is 0. The van der Waals surface area contributed by atoms with Crippen LogP contribution >= 0.6 is 11.8 Å². The molecular weight excluding hydrogens is 276 g/mol. The smallest absolute Gasteiger partial charge is 0.372 e. The number of rotatable bonds is 4. The molecular formula is C15H12O4S. The molecule has 0 atom stereocenters. The van der Waals surface area contributed by atoms with Crippen molar-refractivity contribution in [1.29, 1.82) is 0 Å². The molecule has 2 aromatic rings. The third kappa shape index (κ3) is 3.86. The predicted octanol–water partition coefficient (Wildman–Crippen LogP) is 3.81. The number of hydrogen-bond acceptors (Lipinski definition) is 4. The van der Waals surface area contributed by atoms with Crippen molar-refractivity contribution in [1.82, 2.24) is 0 Å². The van der Waals surface area contributed by atoms with E-state index in [0.29, 0.717) is 4.90 Å². The summed E-state index contributed by atoms with van der Waals surface area (Å²) in [5.74, 6) is -1.07. The van der Waals surface area contributed by atoms with Crippen LogP contribution in [0, 0.1) is 0 Å². The molecule has 5 heteroatoms. The number of carbonyl (C=O) groups is 2. The number of aromatic carboxylic acids is 1. The maximum atomic E-state index is 11.7. The monoisotopic (exact) mass is 288 g/mol. The second-order valence-corrected chi connectivity index (χ2v) is 4.90. The average Bonchev–Trinajstić information content (AvgIpc) is 2.46. The van der Waals surface area contributed by atoms with Gasteiger partial charge in [0.15, 0.2) is 0 Å². The first-order chi connectivity index (χ1) is 9.66. The number of benzene rings is 2. The Morgan fingerprint density at radius 1 is 1.00 bits per heavy atom. The summed E-state index contributed by atoms with van der Waals surface area (Å²) in [5.41, 5.74) is 0.974. The van der Waals surface area contributed by atoms with Gasteiger partial charge >= 0.3 is 11.3 Å². The summed E-state index contributed by atoms with van der Waals surface area (Å²) in [6.45, 7) is 0.169. The molecule has 0 spiro atoms. The Hall–Kier alpha value is -2.27. The topological polar surface area (TPSA) is 63.6 Å². The summed E-state index contributed by atoms with van der Waals surface area (Å²) < 4.78 is 5.10. The van der Waals surface area contributed by atoms with Gasteiger partial charge in [-0.1, -0.05) is 42.5 Å². The molecule has 4 nitrogen and oxygen atoms in total. The fraction of sp³-hybridized carbons (Fsp3) is 0.0667. The minimum Gasteiger partial charge on any atom is -0.478 e. The van der Waals surface area contributed by atoms with Crippen LogP contribution in [0.1, 0.15) is 15.9 Å². The number of carboxylic acids is 1. The van der Waals surface area contributed by atoms with E-state index in [2.05, 4.69) is 0 Å². The highest BCUT2D eigenvalue weighted by molar-refractivity contribution is 8.13. The molecule has 0 unspecified atom stereocenters. The second-order valence-electron chi connectivity index (χ2n) is 3.93. The Labute approximate surface area is 120 Å². The Morgan fingerprint density at radius 3 is 2.35 bits per heavy atom. The van der Waals surface area contributed by atoms with Gasteiger partial charge in [-0.3, -0.25) is 0 Å². The molecule has 0 saturated heterocycles. The Morgan fingerprint density at radius 2 is 1.65 bits per heavy atom. The van der Waals surface area contributed by atoms with Crippen molar-refractivity contribution in [3.05, 3.63) is 65.7 Å². The highest BCUT2D eigenvalue weighted by Crippen LogP contribution is 2.24. The lowest BCUT2D eigenvalue weighted by Gasteiger charge is -2.06. The fourth-order valence-corrected chi connectivity index (χ4v) is 2.28. The lowest BCUT2D eigenvalue weighted by atomic mass is 10.2. The van der Waals surface area contributed by atoms with E-state index in [-0.39, 0.29) is 12.2 Å². The third-order valence-electron chi connectivity index (χ3n) is 2.51. The molecule has 2 aromatic carbocycles. The van der Waals surface area contributed by atoms with Crippen molar-refractivity contribution in [2.45, 2.75) is 11.5 Å². The quantitative estimate of drug-likeness (QED) is 0.684. The largest absolute Gasteiger partial charge is 0.478 e. The standard InChI is InChI=1S/C15H12O4S/c16-14(17)12-8-4-5-9-13(12)20-15(18)19-10-11-6-2-1-3-7-11/h1-9H,10H2,(H,16,17). The molecule has 20 heavy (non-hydrogen) atoms. The molecule has 102 valence electrons. The van der Waals surface area contributed by atoms with Crippen LogP contribution in [0.4, 0.5) is 4.79 Å². The number of hydrogen-bond donors (Lipinski definition) is 1. The lowest BCUT2D eigenvalue weighted by Crippen LogP contribution is -2.02. The zero-order valence-corrected chi connectivity index (χ0v) is 11.3. The van der Waals surface area contributed by atoms with Crippen LogP contribution < -0.4 is 0 Å². The number of carboxylic acid groups (broad SMARTS) is 1. The van der Waals surface area contributed by atoms with Gasteiger partial charge in [0.1, 0.15) is 6.61 Å². The summed E-state index contributed by atoms with van der Waals surface area (Å²) in [6, 6.07) is 15.6. The first kappa shape index (κ1) is 14.1. The van der Waals surface area contributed by atoms with Crippen molar-refractivity contribution in [3.8, 4) is 0 Å². The minimum atomic E-state index is -1.07. The molecule has 0 radical (unpaired) electrons. The maximum absolute atomic E-state index is 11.7. The zero-order chi connectivity index (χ0) is 14.4. The minimum absolute atomic E-state index is 0.0918. The molecule has 0 fully saturated rings. The van der Waals surface area contributed by atoms with Crippen molar-refractivity contribution in [3.63, 3.8) is 0 Å². The van der Waals surface area contributed by atoms with Crippen LogP contribution in [0.25, 0.3) is 0 Å². The molecule has 2 rings (SSSR count). The first-order valence-electron chi connectivity index (χ1n) is 5.87. The Kier molecular flexibility index (Phi) is 4.79. The SMILES string of the molecule is O=C(OCc1ccccc1)Sc1ccccc1C(=O)O. The molecule has 1 N–H and O–H groups in total. The van der Waals surface area contributed by atoms with E-state index in [9.17, 15) is 9.59 Å². The van der Waals surface area contributed by atoms with Gasteiger partial charge in [-0.05, 0) is 29.5 Å². The Bertz CT molecular complexity index is 610. The fourth-order valence-electron chi connectivity index (χ4n) is 1.57. The maximum Gasteiger partial charge on any atom is 0.372 e. The van der Waals surface area contributed by atoms with Gasteiger partial charge in [-0.2, -0.15) is 0 Å². The van der Waals surface area contributed by atoms with Gasteiger partial charge in [0.05, 0.1) is 5.56 Å². The van der Waals surface area contributed by atoms with Crippen molar-refractivity contribution in [2.24, 2.45) is 0 Å². The highest BCUT2D eigenvalue weighted by Gasteiger charge is 2.14. The van der Waals surface area contributed by atoms with Crippen molar-refractivity contribution < 1.29 is 19.4 Å². The van der Waals surface area contributed by atoms with Crippen LogP contribution in [-0.4, -0.2) is 16.4 Å². The van der Waals surface area contributed by atoms with E-state index in [1.54, 1.807) is 18.2 Å². The van der Waals surface area contributed by atoms with E-state index >= 15 is 0 Å². The van der Waals surface area contributed by atoms with Gasteiger partial charge in [-0.25, -0.2) is 9.59 Å². The van der Waals surface area contributed by atoms with E-state index in [1.165, 1.54) is 6.07 Å². The number of carbonyl (C=O) groups excluding carboxylic acids is 1. The molecule has 0 aliphatic rings. The van der Waals surface area contributed by atoms with Crippen molar-refractivity contribution >= 4 is 23.0 Å². The van der Waals surface area contributed by atoms with Gasteiger partial charge in [0.2, 0.25) is 0 Å². The molecule has 0 aromatic heterocycles. The van der Waals surface area contributed by atoms with Gasteiger partial charge < -0.3 is 9.84 Å². The van der Waals surface area contributed by atoms with Crippen LogP contribution in [0.5, 0.6) is 0 Å². The van der Waals surface area contributed by atoms with Crippen LogP contribution in [-0.2, 0) is 11.3 Å². The molecule has 0 aliphatic heterocycles.